The van der Waals surface area contributed by atoms with Gasteiger partial charge in [0.2, 0.25) is 5.91 Å². The van der Waals surface area contributed by atoms with Crippen LogP contribution in [0, 0.1) is 0 Å². The molecule has 0 bridgehead atoms. The zero-order chi connectivity index (χ0) is 19.3. The minimum absolute atomic E-state index is 0.0824. The maximum atomic E-state index is 12.3. The minimum atomic E-state index is -0.193. The number of nitrogens with zero attached hydrogens (tertiary/aromatic N) is 2. The number of hydrogen-bond acceptors (Lipinski definition) is 4. The summed E-state index contributed by atoms with van der Waals surface area (Å²) in [5, 5.41) is 15.7. The van der Waals surface area contributed by atoms with Gasteiger partial charge in [-0.25, -0.2) is 0 Å². The normalized spacial score (nSPS) is 10.7. The van der Waals surface area contributed by atoms with Crippen molar-refractivity contribution in [2.75, 3.05) is 5.32 Å². The van der Waals surface area contributed by atoms with E-state index in [-0.39, 0.29) is 18.4 Å². The molecule has 0 aliphatic heterocycles. The number of nitrogens with one attached hydrogen (secondary N) is 2. The molecule has 0 spiro atoms. The van der Waals surface area contributed by atoms with Crippen LogP contribution < -0.4 is 10.6 Å². The van der Waals surface area contributed by atoms with Crippen LogP contribution in [0.1, 0.15) is 15.9 Å². The van der Waals surface area contributed by atoms with E-state index >= 15 is 0 Å². The Morgan fingerprint density at radius 2 is 1.93 bits per heavy atom. The minimum Gasteiger partial charge on any atom is -0.350 e. The first-order valence-corrected chi connectivity index (χ1v) is 9.73. The fourth-order valence-corrected chi connectivity index (χ4v) is 3.59. The first kappa shape index (κ1) is 17.9. The molecule has 2 N–H and O–H groups in total. The largest absolute Gasteiger partial charge is 0.350 e. The summed E-state index contributed by atoms with van der Waals surface area (Å²) in [6.07, 6.45) is 3.17. The van der Waals surface area contributed by atoms with Crippen LogP contribution in [0.25, 0.3) is 10.8 Å². The van der Waals surface area contributed by atoms with E-state index < -0.39 is 0 Å². The molecule has 6 nitrogen and oxygen atoms in total. The van der Waals surface area contributed by atoms with E-state index in [4.69, 9.17) is 0 Å². The van der Waals surface area contributed by atoms with E-state index in [1.807, 2.05) is 35.7 Å². The summed E-state index contributed by atoms with van der Waals surface area (Å²) < 4.78 is 1.50. The molecule has 0 unspecified atom stereocenters. The van der Waals surface area contributed by atoms with Gasteiger partial charge in [-0.05, 0) is 27.8 Å². The van der Waals surface area contributed by atoms with Gasteiger partial charge in [0.25, 0.3) is 5.91 Å². The molecule has 2 aromatic heterocycles. The van der Waals surface area contributed by atoms with Crippen LogP contribution >= 0.6 is 11.3 Å². The molecule has 0 aliphatic carbocycles. The number of amides is 2. The lowest BCUT2D eigenvalue weighted by Gasteiger charge is -2.08. The second-order valence-electron chi connectivity index (χ2n) is 6.31. The van der Waals surface area contributed by atoms with Crippen molar-refractivity contribution in [2.45, 2.75) is 13.1 Å². The smallest absolute Gasteiger partial charge is 0.256 e. The molecule has 0 atom stereocenters. The summed E-state index contributed by atoms with van der Waals surface area (Å²) in [6, 6.07) is 15.9. The maximum Gasteiger partial charge on any atom is 0.256 e. The molecule has 4 aromatic rings. The molecule has 140 valence electrons. The maximum absolute atomic E-state index is 12.3. The van der Waals surface area contributed by atoms with Gasteiger partial charge in [-0.15, -0.1) is 0 Å². The number of aromatic nitrogens is 2. The Labute approximate surface area is 165 Å². The van der Waals surface area contributed by atoms with Crippen molar-refractivity contribution in [2.24, 2.45) is 0 Å². The summed E-state index contributed by atoms with van der Waals surface area (Å²) in [4.78, 5) is 24.3. The van der Waals surface area contributed by atoms with Gasteiger partial charge in [0, 0.05) is 18.1 Å². The second-order valence-corrected chi connectivity index (χ2v) is 7.09. The molecule has 0 saturated heterocycles. The predicted octanol–water partition coefficient (Wildman–Crippen LogP) is 3.67. The standard InChI is InChI=1S/C21H18N4O2S/c26-20(22-10-16-6-3-5-15-4-1-2-7-19(15)16)13-25-12-18(11-23-25)24-21(27)17-8-9-28-14-17/h1-9,11-12,14H,10,13H2,(H,22,26)(H,24,27). The highest BCUT2D eigenvalue weighted by molar-refractivity contribution is 7.08. The molecule has 0 radical (unpaired) electrons. The first-order chi connectivity index (χ1) is 13.7. The molecule has 4 rings (SSSR count). The van der Waals surface area contributed by atoms with Crippen molar-refractivity contribution in [3.05, 3.63) is 82.8 Å². The van der Waals surface area contributed by atoms with Gasteiger partial charge in [-0.3, -0.25) is 14.3 Å². The third-order valence-electron chi connectivity index (χ3n) is 4.34. The lowest BCUT2D eigenvalue weighted by atomic mass is 10.0. The number of thiophene rings is 1. The van der Waals surface area contributed by atoms with Crippen LogP contribution in [0.15, 0.2) is 71.7 Å². The molecule has 0 fully saturated rings. The summed E-state index contributed by atoms with van der Waals surface area (Å²) in [7, 11) is 0. The van der Waals surface area contributed by atoms with Crippen molar-refractivity contribution in [1.82, 2.24) is 15.1 Å². The van der Waals surface area contributed by atoms with Gasteiger partial charge in [-0.2, -0.15) is 16.4 Å². The third-order valence-corrected chi connectivity index (χ3v) is 5.02. The van der Waals surface area contributed by atoms with Gasteiger partial charge in [0.1, 0.15) is 6.54 Å². The summed E-state index contributed by atoms with van der Waals surface area (Å²) >= 11 is 1.46. The average Bonchev–Trinajstić information content (AvgIpc) is 3.39. The van der Waals surface area contributed by atoms with Crippen molar-refractivity contribution in [3.63, 3.8) is 0 Å². The van der Waals surface area contributed by atoms with Gasteiger partial charge >= 0.3 is 0 Å². The highest BCUT2D eigenvalue weighted by Gasteiger charge is 2.10. The van der Waals surface area contributed by atoms with Crippen molar-refractivity contribution in [1.29, 1.82) is 0 Å². The Morgan fingerprint density at radius 3 is 2.79 bits per heavy atom. The number of carbonyl (C=O) groups is 2. The molecule has 7 heteroatoms. The van der Waals surface area contributed by atoms with E-state index in [2.05, 4.69) is 27.9 Å². The van der Waals surface area contributed by atoms with Crippen LogP contribution in [-0.4, -0.2) is 21.6 Å². The Kier molecular flexibility index (Phi) is 5.16. The fraction of sp³-hybridized carbons (Fsp3) is 0.0952. The molecule has 2 amide bonds. The van der Waals surface area contributed by atoms with E-state index in [0.717, 1.165) is 16.3 Å². The van der Waals surface area contributed by atoms with Crippen LogP contribution in [0.3, 0.4) is 0 Å². The molecule has 2 heterocycles. The molecular formula is C21H18N4O2S. The first-order valence-electron chi connectivity index (χ1n) is 8.78. The highest BCUT2D eigenvalue weighted by atomic mass is 32.1. The van der Waals surface area contributed by atoms with E-state index in [0.29, 0.717) is 17.8 Å². The Hall–Kier alpha value is -3.45. The molecule has 0 aliphatic rings. The number of fused-ring (bicyclic) bond motifs is 1. The lowest BCUT2D eigenvalue weighted by molar-refractivity contribution is -0.122. The number of benzene rings is 2. The average molecular weight is 390 g/mol. The monoisotopic (exact) mass is 390 g/mol. The van der Waals surface area contributed by atoms with Crippen LogP contribution in [-0.2, 0) is 17.9 Å². The SMILES string of the molecule is O=C(Cn1cc(NC(=O)c2ccsc2)cn1)NCc1cccc2ccccc12. The van der Waals surface area contributed by atoms with Gasteiger partial charge in [-0.1, -0.05) is 42.5 Å². The zero-order valence-corrected chi connectivity index (χ0v) is 15.8. The Bertz CT molecular complexity index is 1110. The molecule has 0 saturated carbocycles. The number of rotatable bonds is 6. The fourth-order valence-electron chi connectivity index (χ4n) is 2.96. The van der Waals surface area contributed by atoms with Crippen molar-refractivity contribution < 1.29 is 9.59 Å². The quantitative estimate of drug-likeness (QED) is 0.527. The zero-order valence-electron chi connectivity index (χ0n) is 15.0. The summed E-state index contributed by atoms with van der Waals surface area (Å²) in [5.41, 5.74) is 2.22. The lowest BCUT2D eigenvalue weighted by Crippen LogP contribution is -2.27. The second kappa shape index (κ2) is 8.06. The van der Waals surface area contributed by atoms with Gasteiger partial charge < -0.3 is 10.6 Å². The predicted molar refractivity (Wildman–Crippen MR) is 110 cm³/mol. The van der Waals surface area contributed by atoms with Gasteiger partial charge in [0.05, 0.1) is 17.4 Å². The van der Waals surface area contributed by atoms with Crippen LogP contribution in [0.5, 0.6) is 0 Å². The van der Waals surface area contributed by atoms with E-state index in [1.54, 1.807) is 17.6 Å². The summed E-state index contributed by atoms with van der Waals surface area (Å²) in [5.74, 6) is -0.340. The summed E-state index contributed by atoms with van der Waals surface area (Å²) in [6.45, 7) is 0.530. The third kappa shape index (κ3) is 4.10. The topological polar surface area (TPSA) is 76.0 Å². The number of anilines is 1. The molecule has 2 aromatic carbocycles. The molecule has 28 heavy (non-hydrogen) atoms. The van der Waals surface area contributed by atoms with E-state index in [9.17, 15) is 9.59 Å². The van der Waals surface area contributed by atoms with Crippen LogP contribution in [0.4, 0.5) is 5.69 Å². The number of carbonyl (C=O) groups excluding carboxylic acids is 2. The Morgan fingerprint density at radius 1 is 1.07 bits per heavy atom. The Balaban J connectivity index is 1.34. The van der Waals surface area contributed by atoms with Crippen molar-refractivity contribution in [3.8, 4) is 0 Å². The van der Waals surface area contributed by atoms with Gasteiger partial charge in [0.15, 0.2) is 0 Å². The highest BCUT2D eigenvalue weighted by Crippen LogP contribution is 2.18. The van der Waals surface area contributed by atoms with E-state index in [1.165, 1.54) is 22.2 Å². The van der Waals surface area contributed by atoms with Crippen molar-refractivity contribution >= 4 is 39.6 Å². The number of hydrogen-bond donors (Lipinski definition) is 2. The van der Waals surface area contributed by atoms with Crippen LogP contribution in [0.2, 0.25) is 0 Å². The molecular weight excluding hydrogens is 372 g/mol.